The number of carbonyl (C=O) groups is 1. The molecule has 1 heterocycles. The third-order valence-corrected chi connectivity index (χ3v) is 20.8. The van der Waals surface area contributed by atoms with E-state index in [4.69, 9.17) is 9.47 Å². The average molecular weight is 1330 g/mol. The smallest absolute Gasteiger partial charge is 0.220 e. The number of aliphatic hydroxyl groups is 5. The molecule has 0 saturated carbocycles. The fraction of sp³-hybridized carbons (Fsp3) is 0.941. The van der Waals surface area contributed by atoms with Crippen molar-refractivity contribution >= 4 is 5.91 Å². The number of amides is 1. The Kier molecular flexibility index (Phi) is 71.7. The van der Waals surface area contributed by atoms with Gasteiger partial charge in [0.25, 0.3) is 0 Å². The molecule has 0 aromatic heterocycles. The summed E-state index contributed by atoms with van der Waals surface area (Å²) in [6.07, 6.45) is 93.7. The Labute approximate surface area is 585 Å². The maximum absolute atomic E-state index is 13.2. The van der Waals surface area contributed by atoms with E-state index in [0.29, 0.717) is 6.42 Å². The Balaban J connectivity index is 2.03. The summed E-state index contributed by atoms with van der Waals surface area (Å²) in [6, 6.07) is -0.821. The van der Waals surface area contributed by atoms with Crippen LogP contribution in [0.4, 0.5) is 0 Å². The van der Waals surface area contributed by atoms with E-state index in [-0.39, 0.29) is 12.5 Å². The van der Waals surface area contributed by atoms with Crippen LogP contribution >= 0.6 is 0 Å². The molecule has 1 saturated heterocycles. The van der Waals surface area contributed by atoms with E-state index in [2.05, 4.69) is 31.3 Å². The van der Waals surface area contributed by atoms with Gasteiger partial charge in [-0.1, -0.05) is 443 Å². The van der Waals surface area contributed by atoms with Crippen molar-refractivity contribution in [1.29, 1.82) is 0 Å². The molecule has 0 aliphatic carbocycles. The Bertz CT molecular complexity index is 1540. The highest BCUT2D eigenvalue weighted by atomic mass is 16.7. The average Bonchev–Trinajstić information content (AvgIpc) is 0.834. The van der Waals surface area contributed by atoms with E-state index in [1.54, 1.807) is 6.08 Å². The van der Waals surface area contributed by atoms with Crippen molar-refractivity contribution in [2.24, 2.45) is 0 Å². The highest BCUT2D eigenvalue weighted by Gasteiger charge is 2.44. The first-order valence-corrected chi connectivity index (χ1v) is 42.6. The zero-order valence-electron chi connectivity index (χ0n) is 63.0. The Hall–Kier alpha value is -1.33. The summed E-state index contributed by atoms with van der Waals surface area (Å²) in [5.74, 6) is -0.176. The molecular weight excluding hydrogens is 1160 g/mol. The summed E-state index contributed by atoms with van der Waals surface area (Å²) < 4.78 is 11.3. The molecule has 0 radical (unpaired) electrons. The van der Waals surface area contributed by atoms with E-state index < -0.39 is 49.5 Å². The number of hydrogen-bond acceptors (Lipinski definition) is 8. The number of unbranched alkanes of at least 4 members (excludes halogenated alkanes) is 65. The van der Waals surface area contributed by atoms with Gasteiger partial charge in [0, 0.05) is 6.42 Å². The first-order valence-electron chi connectivity index (χ1n) is 42.6. The van der Waals surface area contributed by atoms with Gasteiger partial charge < -0.3 is 40.3 Å². The molecule has 7 atom stereocenters. The number of aliphatic hydroxyl groups excluding tert-OH is 5. The van der Waals surface area contributed by atoms with Crippen LogP contribution in [0.25, 0.3) is 0 Å². The van der Waals surface area contributed by atoms with Gasteiger partial charge in [-0.3, -0.25) is 4.79 Å². The van der Waals surface area contributed by atoms with Crippen LogP contribution in [0.1, 0.15) is 457 Å². The maximum Gasteiger partial charge on any atom is 0.220 e. The van der Waals surface area contributed by atoms with Crippen LogP contribution in [0.2, 0.25) is 0 Å². The van der Waals surface area contributed by atoms with Gasteiger partial charge in [-0.05, 0) is 32.1 Å². The minimum atomic E-state index is -1.57. The second-order valence-corrected chi connectivity index (χ2v) is 30.0. The molecule has 1 fully saturated rings. The largest absolute Gasteiger partial charge is 0.394 e. The predicted molar refractivity (Wildman–Crippen MR) is 406 cm³/mol. The van der Waals surface area contributed by atoms with Crippen molar-refractivity contribution in [2.45, 2.75) is 500 Å². The molecule has 1 rings (SSSR count). The standard InChI is InChI=1S/C85H165NO8/c1-3-5-7-9-11-13-15-17-19-21-23-25-27-29-31-33-35-36-37-38-39-40-41-42-43-44-45-47-49-51-53-55-57-59-61-63-65-67-69-71-73-75-81(89)86-78(77-93-85-84(92)83(91)82(90)80(76-87)94-85)79(88)74-72-70-68-66-64-62-60-58-56-54-52-50-48-46-34-32-30-28-26-24-22-20-18-16-14-12-10-8-6-4-2/h64,66,72,74,78-80,82-85,87-88,90-92H,3-63,65,67-71,73,75-77H2,1-2H3,(H,86,89)/b66-64+,74-72+. The lowest BCUT2D eigenvalue weighted by atomic mass is 9.99. The van der Waals surface area contributed by atoms with Gasteiger partial charge in [-0.25, -0.2) is 0 Å². The van der Waals surface area contributed by atoms with E-state index in [1.165, 1.54) is 398 Å². The van der Waals surface area contributed by atoms with Gasteiger partial charge in [0.1, 0.15) is 24.4 Å². The number of nitrogens with one attached hydrogen (secondary N) is 1. The van der Waals surface area contributed by atoms with Crippen LogP contribution in [0, 0.1) is 0 Å². The van der Waals surface area contributed by atoms with Crippen LogP contribution in [-0.4, -0.2) is 87.5 Å². The second-order valence-electron chi connectivity index (χ2n) is 30.0. The van der Waals surface area contributed by atoms with E-state index in [0.717, 1.165) is 38.5 Å². The van der Waals surface area contributed by atoms with Crippen LogP contribution in [0.15, 0.2) is 24.3 Å². The van der Waals surface area contributed by atoms with Gasteiger partial charge in [0.15, 0.2) is 6.29 Å². The summed E-state index contributed by atoms with van der Waals surface area (Å²) in [7, 11) is 0. The first kappa shape index (κ1) is 90.7. The fourth-order valence-corrected chi connectivity index (χ4v) is 14.2. The lowest BCUT2D eigenvalue weighted by Gasteiger charge is -2.40. The van der Waals surface area contributed by atoms with Crippen LogP contribution in [-0.2, 0) is 14.3 Å². The van der Waals surface area contributed by atoms with Crippen molar-refractivity contribution in [3.8, 4) is 0 Å². The van der Waals surface area contributed by atoms with Gasteiger partial charge in [-0.2, -0.15) is 0 Å². The minimum Gasteiger partial charge on any atom is -0.394 e. The molecule has 6 N–H and O–H groups in total. The summed E-state index contributed by atoms with van der Waals surface area (Å²) in [5, 5.41) is 54.9. The zero-order chi connectivity index (χ0) is 67.8. The van der Waals surface area contributed by atoms with E-state index in [1.807, 2.05) is 6.08 Å². The minimum absolute atomic E-state index is 0.176. The van der Waals surface area contributed by atoms with Crippen molar-refractivity contribution in [2.75, 3.05) is 13.2 Å². The van der Waals surface area contributed by atoms with Gasteiger partial charge in [0.05, 0.1) is 25.4 Å². The lowest BCUT2D eigenvalue weighted by molar-refractivity contribution is -0.302. The molecule has 9 heteroatoms. The summed E-state index contributed by atoms with van der Waals surface area (Å²) in [5.41, 5.74) is 0. The van der Waals surface area contributed by atoms with Crippen molar-refractivity contribution in [3.63, 3.8) is 0 Å². The molecule has 1 aliphatic rings. The third kappa shape index (κ3) is 61.7. The number of allylic oxidation sites excluding steroid dienone is 3. The molecule has 9 nitrogen and oxygen atoms in total. The summed E-state index contributed by atoms with van der Waals surface area (Å²) in [6.45, 7) is 3.84. The van der Waals surface area contributed by atoms with Crippen molar-refractivity contribution in [1.82, 2.24) is 5.32 Å². The third-order valence-electron chi connectivity index (χ3n) is 20.8. The van der Waals surface area contributed by atoms with Crippen molar-refractivity contribution < 1.29 is 39.8 Å². The quantitative estimate of drug-likeness (QED) is 0.0261. The molecule has 94 heavy (non-hydrogen) atoms. The number of carbonyl (C=O) groups excluding carboxylic acids is 1. The van der Waals surface area contributed by atoms with E-state index >= 15 is 0 Å². The van der Waals surface area contributed by atoms with Crippen LogP contribution < -0.4 is 5.32 Å². The number of hydrogen-bond donors (Lipinski definition) is 6. The molecule has 1 aliphatic heterocycles. The van der Waals surface area contributed by atoms with Gasteiger partial charge in [-0.15, -0.1) is 0 Å². The molecule has 0 aromatic carbocycles. The zero-order valence-corrected chi connectivity index (χ0v) is 63.0. The predicted octanol–water partition coefficient (Wildman–Crippen LogP) is 24.7. The molecule has 0 aromatic rings. The monoisotopic (exact) mass is 1330 g/mol. The number of rotatable bonds is 77. The summed E-state index contributed by atoms with van der Waals surface area (Å²) >= 11 is 0. The van der Waals surface area contributed by atoms with Crippen LogP contribution in [0.3, 0.4) is 0 Å². The van der Waals surface area contributed by atoms with Crippen LogP contribution in [0.5, 0.6) is 0 Å². The number of ether oxygens (including phenoxy) is 2. The highest BCUT2D eigenvalue weighted by molar-refractivity contribution is 5.76. The Morgan fingerprint density at radius 2 is 0.606 bits per heavy atom. The highest BCUT2D eigenvalue weighted by Crippen LogP contribution is 2.24. The van der Waals surface area contributed by atoms with Gasteiger partial charge in [0.2, 0.25) is 5.91 Å². The molecule has 0 bridgehead atoms. The second kappa shape index (κ2) is 74.4. The summed E-state index contributed by atoms with van der Waals surface area (Å²) in [4.78, 5) is 13.2. The molecule has 1 amide bonds. The fourth-order valence-electron chi connectivity index (χ4n) is 14.2. The Morgan fingerprint density at radius 1 is 0.351 bits per heavy atom. The Morgan fingerprint density at radius 3 is 0.894 bits per heavy atom. The maximum atomic E-state index is 13.2. The van der Waals surface area contributed by atoms with E-state index in [9.17, 15) is 30.3 Å². The molecule has 0 spiro atoms. The van der Waals surface area contributed by atoms with Crippen molar-refractivity contribution in [3.05, 3.63) is 24.3 Å². The SMILES string of the molecule is CCCCCCCCCCCCCCCCCCCCCCCCCC/C=C/CC/C=C/C(O)C(COC1OC(CO)C(O)C(O)C1O)NC(=O)CCCCCCCCCCCCCCCCCCCCCCCCCCCCCCCCCCCCCCCCCCC. The molecular formula is C85H165NO8. The lowest BCUT2D eigenvalue weighted by Crippen LogP contribution is -2.60. The topological polar surface area (TPSA) is 149 Å². The molecule has 558 valence electrons. The van der Waals surface area contributed by atoms with Gasteiger partial charge >= 0.3 is 0 Å². The first-order chi connectivity index (χ1) is 46.3. The molecule has 7 unspecified atom stereocenters. The normalized spacial score (nSPS) is 17.5.